The molecule has 1 aliphatic rings. The Kier molecular flexibility index (Phi) is 7.28. The van der Waals surface area contributed by atoms with Crippen LogP contribution in [0.2, 0.25) is 0 Å². The van der Waals surface area contributed by atoms with E-state index in [-0.39, 0.29) is 28.9 Å². The van der Waals surface area contributed by atoms with Gasteiger partial charge in [-0.25, -0.2) is 4.98 Å². The molecular formula is C27H29N5O3. The number of hydrogen-bond acceptors (Lipinski definition) is 6. The second kappa shape index (κ2) is 10.5. The number of benzene rings is 1. The van der Waals surface area contributed by atoms with Crippen molar-refractivity contribution < 1.29 is 9.53 Å². The molecule has 8 nitrogen and oxygen atoms in total. The lowest BCUT2D eigenvalue weighted by atomic mass is 10.1. The van der Waals surface area contributed by atoms with E-state index in [0.717, 1.165) is 11.1 Å². The zero-order chi connectivity index (χ0) is 24.9. The minimum atomic E-state index is -0.521. The summed E-state index contributed by atoms with van der Waals surface area (Å²) < 4.78 is 7.31. The lowest BCUT2D eigenvalue weighted by Gasteiger charge is -2.36. The number of hydrogen-bond donors (Lipinski definition) is 1. The summed E-state index contributed by atoms with van der Waals surface area (Å²) in [6.07, 6.45) is 3.55. The molecule has 8 heteroatoms. The van der Waals surface area contributed by atoms with Crippen LogP contribution in [-0.4, -0.2) is 47.1 Å². The van der Waals surface area contributed by atoms with E-state index < -0.39 is 5.91 Å². The molecule has 1 aromatic carbocycles. The summed E-state index contributed by atoms with van der Waals surface area (Å²) in [5, 5.41) is 12.6. The third-order valence-corrected chi connectivity index (χ3v) is 5.98. The van der Waals surface area contributed by atoms with E-state index in [9.17, 15) is 14.9 Å². The smallest absolute Gasteiger partial charge is 0.267 e. The average molecular weight is 472 g/mol. The highest BCUT2D eigenvalue weighted by Gasteiger charge is 2.27. The molecule has 2 aromatic heterocycles. The first-order valence-corrected chi connectivity index (χ1v) is 11.7. The molecule has 0 saturated carbocycles. The van der Waals surface area contributed by atoms with E-state index >= 15 is 0 Å². The van der Waals surface area contributed by atoms with Crippen molar-refractivity contribution in [3.05, 3.63) is 81.3 Å². The largest absolute Gasteiger partial charge is 0.372 e. The Morgan fingerprint density at radius 3 is 2.60 bits per heavy atom. The summed E-state index contributed by atoms with van der Waals surface area (Å²) in [6.45, 7) is 7.31. The zero-order valence-corrected chi connectivity index (χ0v) is 20.2. The molecular weight excluding hydrogens is 442 g/mol. The van der Waals surface area contributed by atoms with Crippen LogP contribution in [0.25, 0.3) is 11.7 Å². The van der Waals surface area contributed by atoms with Crippen LogP contribution in [-0.2, 0) is 16.0 Å². The molecule has 1 saturated heterocycles. The Morgan fingerprint density at radius 2 is 1.91 bits per heavy atom. The number of rotatable bonds is 6. The van der Waals surface area contributed by atoms with Crippen LogP contribution in [0.1, 0.15) is 30.5 Å². The van der Waals surface area contributed by atoms with Gasteiger partial charge >= 0.3 is 0 Å². The molecule has 2 atom stereocenters. The summed E-state index contributed by atoms with van der Waals surface area (Å²) in [7, 11) is 0. The second-order valence-corrected chi connectivity index (χ2v) is 8.86. The monoisotopic (exact) mass is 471 g/mol. The van der Waals surface area contributed by atoms with E-state index in [1.54, 1.807) is 12.3 Å². The fourth-order valence-electron chi connectivity index (χ4n) is 4.37. The van der Waals surface area contributed by atoms with Gasteiger partial charge in [0.05, 0.1) is 17.8 Å². The molecule has 0 radical (unpaired) electrons. The van der Waals surface area contributed by atoms with Crippen molar-refractivity contribution in [2.24, 2.45) is 0 Å². The van der Waals surface area contributed by atoms with Gasteiger partial charge in [-0.15, -0.1) is 0 Å². The summed E-state index contributed by atoms with van der Waals surface area (Å²) in [5.74, 6) is -0.0667. The first kappa shape index (κ1) is 24.2. The number of nitrogens with one attached hydrogen (secondary N) is 1. The van der Waals surface area contributed by atoms with Crippen LogP contribution >= 0.6 is 0 Å². The normalized spacial score (nSPS) is 18.3. The number of pyridine rings is 1. The van der Waals surface area contributed by atoms with Gasteiger partial charge in [0.25, 0.3) is 11.5 Å². The molecule has 3 aromatic rings. The first-order valence-electron chi connectivity index (χ1n) is 11.7. The molecule has 0 bridgehead atoms. The summed E-state index contributed by atoms with van der Waals surface area (Å²) in [6, 6.07) is 15.4. The van der Waals surface area contributed by atoms with Gasteiger partial charge in [0, 0.05) is 25.8 Å². The number of anilines is 1. The van der Waals surface area contributed by atoms with Gasteiger partial charge in [0.15, 0.2) is 0 Å². The highest BCUT2D eigenvalue weighted by atomic mass is 16.5. The van der Waals surface area contributed by atoms with Gasteiger partial charge in [-0.2, -0.15) is 5.26 Å². The molecule has 1 fully saturated rings. The maximum absolute atomic E-state index is 13.6. The molecule has 1 N–H and O–H groups in total. The van der Waals surface area contributed by atoms with Gasteiger partial charge < -0.3 is 15.0 Å². The zero-order valence-electron chi connectivity index (χ0n) is 20.2. The number of carbonyl (C=O) groups excluding carboxylic acids is 1. The van der Waals surface area contributed by atoms with Gasteiger partial charge in [-0.05, 0) is 50.5 Å². The lowest BCUT2D eigenvalue weighted by Crippen LogP contribution is -2.46. The van der Waals surface area contributed by atoms with Crippen molar-refractivity contribution in [2.45, 2.75) is 39.4 Å². The topological polar surface area (TPSA) is 99.7 Å². The van der Waals surface area contributed by atoms with Crippen LogP contribution in [0.4, 0.5) is 5.82 Å². The van der Waals surface area contributed by atoms with Crippen LogP contribution in [0, 0.1) is 18.3 Å². The predicted molar refractivity (Wildman–Crippen MR) is 135 cm³/mol. The third kappa shape index (κ3) is 5.42. The van der Waals surface area contributed by atoms with E-state index in [0.29, 0.717) is 37.5 Å². The SMILES string of the molecule is Cc1cccn2c(=O)c(/C=C(\C#N)C(=O)NCCc3ccccc3)c(N3C[C@@H](C)O[C@@H](C)C3)nc12. The van der Waals surface area contributed by atoms with Crippen molar-refractivity contribution in [1.29, 1.82) is 5.26 Å². The van der Waals surface area contributed by atoms with Crippen molar-refractivity contribution >= 4 is 23.4 Å². The van der Waals surface area contributed by atoms with E-state index in [1.807, 2.05) is 68.1 Å². The van der Waals surface area contributed by atoms with E-state index in [1.165, 1.54) is 10.5 Å². The van der Waals surface area contributed by atoms with Gasteiger partial charge in [0.1, 0.15) is 23.1 Å². The Balaban J connectivity index is 1.71. The van der Waals surface area contributed by atoms with Crippen molar-refractivity contribution in [2.75, 3.05) is 24.5 Å². The molecule has 35 heavy (non-hydrogen) atoms. The van der Waals surface area contributed by atoms with Crippen LogP contribution in [0.15, 0.2) is 59.0 Å². The standard InChI is InChI=1S/C27H29N5O3/c1-18-8-7-13-32-24(18)30-25(31-16-19(2)35-20(3)17-31)23(27(32)34)14-22(15-28)26(33)29-12-11-21-9-5-4-6-10-21/h4-10,13-14,19-20H,11-12,16-17H2,1-3H3,(H,29,33)/b22-14+/t19-,20+. The Hall–Kier alpha value is -3.96. The number of aromatic nitrogens is 2. The number of ether oxygens (including phenoxy) is 1. The van der Waals surface area contributed by atoms with E-state index in [2.05, 4.69) is 5.32 Å². The highest BCUT2D eigenvalue weighted by molar-refractivity contribution is 6.02. The first-order chi connectivity index (χ1) is 16.9. The van der Waals surface area contributed by atoms with Gasteiger partial charge in [-0.1, -0.05) is 36.4 Å². The number of nitriles is 1. The molecule has 4 rings (SSSR count). The minimum absolute atomic E-state index is 0.0515. The fourth-order valence-corrected chi connectivity index (χ4v) is 4.37. The minimum Gasteiger partial charge on any atom is -0.372 e. The molecule has 3 heterocycles. The van der Waals surface area contributed by atoms with Crippen molar-refractivity contribution in [1.82, 2.24) is 14.7 Å². The number of carbonyl (C=O) groups is 1. The molecule has 180 valence electrons. The summed E-state index contributed by atoms with van der Waals surface area (Å²) >= 11 is 0. The van der Waals surface area contributed by atoms with Crippen molar-refractivity contribution in [3.63, 3.8) is 0 Å². The van der Waals surface area contributed by atoms with Gasteiger partial charge in [0.2, 0.25) is 0 Å². The molecule has 0 spiro atoms. The maximum Gasteiger partial charge on any atom is 0.267 e. The molecule has 0 unspecified atom stereocenters. The Morgan fingerprint density at radius 1 is 1.20 bits per heavy atom. The lowest BCUT2D eigenvalue weighted by molar-refractivity contribution is -0.117. The predicted octanol–water partition coefficient (Wildman–Crippen LogP) is 2.88. The number of nitrogens with zero attached hydrogens (tertiary/aromatic N) is 4. The summed E-state index contributed by atoms with van der Waals surface area (Å²) in [5.41, 5.74) is 2.23. The van der Waals surface area contributed by atoms with Crippen LogP contribution < -0.4 is 15.8 Å². The summed E-state index contributed by atoms with van der Waals surface area (Å²) in [4.78, 5) is 33.2. The quantitative estimate of drug-likeness (QED) is 0.438. The van der Waals surface area contributed by atoms with Crippen molar-refractivity contribution in [3.8, 4) is 6.07 Å². The Bertz CT molecular complexity index is 1350. The number of aryl methyl sites for hydroxylation is 1. The van der Waals surface area contributed by atoms with E-state index in [4.69, 9.17) is 9.72 Å². The van der Waals surface area contributed by atoms with Gasteiger partial charge in [-0.3, -0.25) is 14.0 Å². The van der Waals surface area contributed by atoms with Crippen LogP contribution in [0.3, 0.4) is 0 Å². The molecule has 0 aliphatic carbocycles. The maximum atomic E-state index is 13.6. The molecule has 1 amide bonds. The van der Waals surface area contributed by atoms with Crippen LogP contribution in [0.5, 0.6) is 0 Å². The second-order valence-electron chi connectivity index (χ2n) is 8.86. The average Bonchev–Trinajstić information content (AvgIpc) is 2.84. The number of amides is 1. The number of morpholine rings is 1. The Labute approximate surface area is 204 Å². The highest BCUT2D eigenvalue weighted by Crippen LogP contribution is 2.24. The third-order valence-electron chi connectivity index (χ3n) is 5.98. The fraction of sp³-hybridized carbons (Fsp3) is 0.333. The number of fused-ring (bicyclic) bond motifs is 1. The molecule has 1 aliphatic heterocycles.